The molecule has 0 unspecified atom stereocenters. The minimum Gasteiger partial charge on any atom is -0.424 e. The van der Waals surface area contributed by atoms with Gasteiger partial charge in [-0.1, -0.05) is 24.3 Å². The monoisotopic (exact) mass is 319 g/mol. The average Bonchev–Trinajstić information content (AvgIpc) is 2.95. The summed E-state index contributed by atoms with van der Waals surface area (Å²) in [6, 6.07) is 16.1. The number of rotatable bonds is 3. The summed E-state index contributed by atoms with van der Waals surface area (Å²) in [5.74, 6) is 0.722. The van der Waals surface area contributed by atoms with E-state index in [4.69, 9.17) is 4.74 Å². The first kappa shape index (κ1) is 13.8. The van der Waals surface area contributed by atoms with E-state index in [2.05, 4.69) is 33.2 Å². The smallest absolute Gasteiger partial charge is 0.321 e. The summed E-state index contributed by atoms with van der Waals surface area (Å²) in [6.45, 7) is 2.02. The van der Waals surface area contributed by atoms with Crippen LogP contribution >= 0.6 is 11.3 Å². The van der Waals surface area contributed by atoms with Crippen LogP contribution in [0.3, 0.4) is 0 Å². The number of aryl methyl sites for hydroxylation is 1. The lowest BCUT2D eigenvalue weighted by Gasteiger charge is -2.04. The molecule has 0 atom stereocenters. The van der Waals surface area contributed by atoms with E-state index >= 15 is 0 Å². The molecule has 2 aromatic heterocycles. The van der Waals surface area contributed by atoms with Crippen molar-refractivity contribution in [2.45, 2.75) is 6.92 Å². The molecule has 0 aliphatic heterocycles. The van der Waals surface area contributed by atoms with Gasteiger partial charge in [0.25, 0.3) is 0 Å². The summed E-state index contributed by atoms with van der Waals surface area (Å²) in [5.41, 5.74) is 3.00. The number of aromatic nitrogens is 3. The molecular formula is C18H13N3OS. The van der Waals surface area contributed by atoms with Crippen molar-refractivity contribution in [1.82, 2.24) is 15.0 Å². The fourth-order valence-electron chi connectivity index (χ4n) is 2.33. The Kier molecular flexibility index (Phi) is 3.48. The fraction of sp³-hybridized carbons (Fsp3) is 0.0556. The van der Waals surface area contributed by atoms with E-state index in [1.807, 2.05) is 37.3 Å². The van der Waals surface area contributed by atoms with Gasteiger partial charge in [0.2, 0.25) is 0 Å². The van der Waals surface area contributed by atoms with Gasteiger partial charge >= 0.3 is 6.01 Å². The quantitative estimate of drug-likeness (QED) is 0.541. The predicted molar refractivity (Wildman–Crippen MR) is 91.9 cm³/mol. The summed E-state index contributed by atoms with van der Waals surface area (Å²) < 4.78 is 6.80. The molecule has 0 aliphatic rings. The third-order valence-corrected chi connectivity index (χ3v) is 4.36. The highest BCUT2D eigenvalue weighted by molar-refractivity contribution is 7.18. The lowest BCUT2D eigenvalue weighted by atomic mass is 10.1. The maximum absolute atomic E-state index is 5.61. The number of hydrogen-bond donors (Lipinski definition) is 0. The highest BCUT2D eigenvalue weighted by Gasteiger charge is 2.06. The Morgan fingerprint density at radius 3 is 2.48 bits per heavy atom. The van der Waals surface area contributed by atoms with E-state index in [-0.39, 0.29) is 0 Å². The number of fused-ring (bicyclic) bond motifs is 1. The number of hydrogen-bond acceptors (Lipinski definition) is 5. The molecule has 0 saturated carbocycles. The van der Waals surface area contributed by atoms with Crippen LogP contribution in [0, 0.1) is 6.92 Å². The van der Waals surface area contributed by atoms with Crippen molar-refractivity contribution in [3.8, 4) is 22.9 Å². The largest absolute Gasteiger partial charge is 0.424 e. The maximum Gasteiger partial charge on any atom is 0.321 e. The van der Waals surface area contributed by atoms with Gasteiger partial charge in [0.05, 0.1) is 15.2 Å². The molecular weight excluding hydrogens is 306 g/mol. The standard InChI is InChI=1S/C18H13N3OS/c1-12-21-16-9-13(7-8-17(16)23-12)14-10-19-18(20-11-14)22-15-5-3-2-4-6-15/h2-11H,1H3. The lowest BCUT2D eigenvalue weighted by molar-refractivity contribution is 0.442. The van der Waals surface area contributed by atoms with Crippen LogP contribution in [-0.4, -0.2) is 15.0 Å². The second-order valence-corrected chi connectivity index (χ2v) is 6.32. The Bertz CT molecular complexity index is 949. The molecule has 112 valence electrons. The molecule has 0 bridgehead atoms. The first-order valence-corrected chi connectivity index (χ1v) is 8.02. The van der Waals surface area contributed by atoms with Gasteiger partial charge in [0.15, 0.2) is 0 Å². The van der Waals surface area contributed by atoms with Crippen LogP contribution in [0.25, 0.3) is 21.3 Å². The van der Waals surface area contributed by atoms with Crippen LogP contribution in [0.5, 0.6) is 11.8 Å². The van der Waals surface area contributed by atoms with Crippen molar-refractivity contribution >= 4 is 21.6 Å². The van der Waals surface area contributed by atoms with Crippen molar-refractivity contribution < 1.29 is 4.74 Å². The van der Waals surface area contributed by atoms with Gasteiger partial charge in [0.1, 0.15) is 5.75 Å². The third-order valence-electron chi connectivity index (χ3n) is 3.41. The SMILES string of the molecule is Cc1nc2cc(-c3cnc(Oc4ccccc4)nc3)ccc2s1. The molecule has 4 aromatic rings. The van der Waals surface area contributed by atoms with Crippen LogP contribution in [0.4, 0.5) is 0 Å². The summed E-state index contributed by atoms with van der Waals surface area (Å²) >= 11 is 1.70. The lowest BCUT2D eigenvalue weighted by Crippen LogP contribution is -1.91. The molecule has 5 heteroatoms. The second-order valence-electron chi connectivity index (χ2n) is 5.08. The molecule has 4 nitrogen and oxygen atoms in total. The van der Waals surface area contributed by atoms with Crippen molar-refractivity contribution in [1.29, 1.82) is 0 Å². The number of thiazole rings is 1. The third kappa shape index (κ3) is 2.91. The minimum absolute atomic E-state index is 0.338. The van der Waals surface area contributed by atoms with Crippen LogP contribution in [0.15, 0.2) is 60.9 Å². The first-order valence-electron chi connectivity index (χ1n) is 7.20. The molecule has 0 spiro atoms. The van der Waals surface area contributed by atoms with Crippen molar-refractivity contribution in [3.63, 3.8) is 0 Å². The second kappa shape index (κ2) is 5.78. The molecule has 0 aliphatic carbocycles. The average molecular weight is 319 g/mol. The zero-order chi connectivity index (χ0) is 15.6. The Morgan fingerprint density at radius 2 is 1.70 bits per heavy atom. The molecule has 2 aromatic carbocycles. The zero-order valence-electron chi connectivity index (χ0n) is 12.4. The van der Waals surface area contributed by atoms with E-state index in [0.29, 0.717) is 6.01 Å². The zero-order valence-corrected chi connectivity index (χ0v) is 13.2. The van der Waals surface area contributed by atoms with Gasteiger partial charge in [0, 0.05) is 18.0 Å². The van der Waals surface area contributed by atoms with E-state index in [1.54, 1.807) is 23.7 Å². The highest BCUT2D eigenvalue weighted by Crippen LogP contribution is 2.27. The summed E-state index contributed by atoms with van der Waals surface area (Å²) in [5, 5.41) is 1.07. The predicted octanol–water partition coefficient (Wildman–Crippen LogP) is 4.85. The molecule has 23 heavy (non-hydrogen) atoms. The Morgan fingerprint density at radius 1 is 0.913 bits per heavy atom. The number of benzene rings is 2. The molecule has 0 saturated heterocycles. The first-order chi connectivity index (χ1) is 11.3. The van der Waals surface area contributed by atoms with Crippen LogP contribution in [0.1, 0.15) is 5.01 Å². The Labute approximate surface area is 137 Å². The van der Waals surface area contributed by atoms with Crippen molar-refractivity contribution in [2.75, 3.05) is 0 Å². The van der Waals surface area contributed by atoms with Gasteiger partial charge in [-0.05, 0) is 36.8 Å². The summed E-state index contributed by atoms with van der Waals surface area (Å²) in [4.78, 5) is 13.1. The number of para-hydroxylation sites is 1. The number of nitrogens with zero attached hydrogens (tertiary/aromatic N) is 3. The highest BCUT2D eigenvalue weighted by atomic mass is 32.1. The maximum atomic E-state index is 5.61. The molecule has 2 heterocycles. The van der Waals surface area contributed by atoms with Gasteiger partial charge in [-0.2, -0.15) is 0 Å². The van der Waals surface area contributed by atoms with E-state index < -0.39 is 0 Å². The molecule has 0 N–H and O–H groups in total. The van der Waals surface area contributed by atoms with Gasteiger partial charge < -0.3 is 4.74 Å². The van der Waals surface area contributed by atoms with Crippen molar-refractivity contribution in [2.24, 2.45) is 0 Å². The van der Waals surface area contributed by atoms with Gasteiger partial charge in [-0.15, -0.1) is 11.3 Å². The summed E-state index contributed by atoms with van der Waals surface area (Å²) in [7, 11) is 0. The topological polar surface area (TPSA) is 47.9 Å². The van der Waals surface area contributed by atoms with Crippen LogP contribution < -0.4 is 4.74 Å². The normalized spacial score (nSPS) is 10.8. The molecule has 4 rings (SSSR count). The van der Waals surface area contributed by atoms with E-state index in [0.717, 1.165) is 27.4 Å². The molecule has 0 radical (unpaired) electrons. The Balaban J connectivity index is 1.61. The van der Waals surface area contributed by atoms with Crippen LogP contribution in [-0.2, 0) is 0 Å². The summed E-state index contributed by atoms with van der Waals surface area (Å²) in [6.07, 6.45) is 3.54. The van der Waals surface area contributed by atoms with E-state index in [9.17, 15) is 0 Å². The van der Waals surface area contributed by atoms with Crippen molar-refractivity contribution in [3.05, 3.63) is 65.9 Å². The van der Waals surface area contributed by atoms with Gasteiger partial charge in [-0.3, -0.25) is 0 Å². The fourth-order valence-corrected chi connectivity index (χ4v) is 3.14. The van der Waals surface area contributed by atoms with E-state index in [1.165, 1.54) is 4.70 Å². The van der Waals surface area contributed by atoms with Crippen LogP contribution in [0.2, 0.25) is 0 Å². The molecule has 0 amide bonds. The minimum atomic E-state index is 0.338. The Hall–Kier alpha value is -2.79. The number of ether oxygens (including phenoxy) is 1. The molecule has 0 fully saturated rings. The van der Waals surface area contributed by atoms with Gasteiger partial charge in [-0.25, -0.2) is 15.0 Å².